The minimum absolute atomic E-state index is 0. The van der Waals surface area contributed by atoms with Gasteiger partial charge in [0.2, 0.25) is 5.41 Å². The van der Waals surface area contributed by atoms with E-state index in [2.05, 4.69) is 0 Å². The molecule has 5 rings (SSSR count). The number of amides is 4. The van der Waals surface area contributed by atoms with Crippen molar-refractivity contribution in [1.82, 2.24) is 5.32 Å². The molecular formula is C30H24F6N2O4. The van der Waals surface area contributed by atoms with Crippen LogP contribution < -0.4 is 10.2 Å². The summed E-state index contributed by atoms with van der Waals surface area (Å²) in [6.07, 6.45) is -12.1. The SMILES string of the molecule is C.Cc1cc(C)c(N2C(=O)c3ccc(C(c4ccc5c(c4)C(=O)NC5=O)(C(F)(F)F)C(F)(F)F)cc3C2=O)c(C)c1C. The van der Waals surface area contributed by atoms with Crippen LogP contribution in [0.2, 0.25) is 0 Å². The Bertz CT molecular complexity index is 1710. The predicted molar refractivity (Wildman–Crippen MR) is 141 cm³/mol. The third kappa shape index (κ3) is 3.95. The number of nitrogens with one attached hydrogen (secondary N) is 1. The molecule has 6 nitrogen and oxygen atoms in total. The van der Waals surface area contributed by atoms with Crippen LogP contribution >= 0.6 is 0 Å². The average Bonchev–Trinajstić information content (AvgIpc) is 3.28. The van der Waals surface area contributed by atoms with Gasteiger partial charge in [0.05, 0.1) is 27.9 Å². The minimum Gasteiger partial charge on any atom is -0.288 e. The summed E-state index contributed by atoms with van der Waals surface area (Å²) in [6.45, 7) is 6.87. The van der Waals surface area contributed by atoms with E-state index in [-0.39, 0.29) is 24.2 Å². The molecule has 2 aliphatic rings. The number of aryl methyl sites for hydroxylation is 2. The van der Waals surface area contributed by atoms with E-state index < -0.39 is 63.7 Å². The maximum absolute atomic E-state index is 14.8. The average molecular weight is 591 g/mol. The van der Waals surface area contributed by atoms with Crippen LogP contribution in [0.25, 0.3) is 0 Å². The van der Waals surface area contributed by atoms with Gasteiger partial charge >= 0.3 is 12.4 Å². The van der Waals surface area contributed by atoms with Gasteiger partial charge in [-0.2, -0.15) is 26.3 Å². The molecule has 0 unspecified atom stereocenters. The second kappa shape index (κ2) is 9.53. The summed E-state index contributed by atoms with van der Waals surface area (Å²) in [7, 11) is 0. The quantitative estimate of drug-likeness (QED) is 0.274. The van der Waals surface area contributed by atoms with Gasteiger partial charge in [0.25, 0.3) is 23.6 Å². The van der Waals surface area contributed by atoms with Crippen LogP contribution in [0.4, 0.5) is 32.0 Å². The number of halogens is 6. The van der Waals surface area contributed by atoms with E-state index in [1.165, 1.54) is 0 Å². The topological polar surface area (TPSA) is 83.6 Å². The first-order chi connectivity index (χ1) is 18.9. The number of imide groups is 2. The molecule has 3 aromatic carbocycles. The molecule has 220 valence electrons. The number of hydrogen-bond donors (Lipinski definition) is 1. The molecule has 4 amide bonds. The summed E-state index contributed by atoms with van der Waals surface area (Å²) in [5, 5.41) is 1.83. The van der Waals surface area contributed by atoms with Gasteiger partial charge < -0.3 is 0 Å². The van der Waals surface area contributed by atoms with E-state index in [0.717, 1.165) is 22.1 Å². The normalized spacial score (nSPS) is 15.0. The monoisotopic (exact) mass is 590 g/mol. The molecule has 12 heteroatoms. The van der Waals surface area contributed by atoms with Crippen molar-refractivity contribution in [2.45, 2.75) is 52.9 Å². The van der Waals surface area contributed by atoms with E-state index in [0.29, 0.717) is 41.5 Å². The molecule has 0 aliphatic carbocycles. The van der Waals surface area contributed by atoms with Crippen LogP contribution in [0, 0.1) is 27.7 Å². The lowest BCUT2D eigenvalue weighted by atomic mass is 9.71. The minimum atomic E-state index is -6.03. The van der Waals surface area contributed by atoms with Crippen LogP contribution in [0.3, 0.4) is 0 Å². The molecule has 2 heterocycles. The van der Waals surface area contributed by atoms with Crippen molar-refractivity contribution in [3.05, 3.63) is 98.1 Å². The second-order valence-electron chi connectivity index (χ2n) is 10.1. The molecule has 0 fully saturated rings. The van der Waals surface area contributed by atoms with Crippen LogP contribution in [-0.4, -0.2) is 36.0 Å². The summed E-state index contributed by atoms with van der Waals surface area (Å²) in [6, 6.07) is 5.00. The molecule has 0 spiro atoms. The van der Waals surface area contributed by atoms with E-state index in [1.807, 2.05) is 12.2 Å². The van der Waals surface area contributed by atoms with E-state index in [9.17, 15) is 45.5 Å². The Morgan fingerprint density at radius 2 is 1.07 bits per heavy atom. The molecule has 0 saturated heterocycles. The third-order valence-corrected chi connectivity index (χ3v) is 7.88. The number of carbonyl (C=O) groups excluding carboxylic acids is 4. The smallest absolute Gasteiger partial charge is 0.288 e. The fourth-order valence-electron chi connectivity index (χ4n) is 5.67. The van der Waals surface area contributed by atoms with Gasteiger partial charge in [0.15, 0.2) is 0 Å². The summed E-state index contributed by atoms with van der Waals surface area (Å²) >= 11 is 0. The number of anilines is 1. The van der Waals surface area contributed by atoms with Crippen molar-refractivity contribution in [3.8, 4) is 0 Å². The van der Waals surface area contributed by atoms with Crippen LogP contribution in [-0.2, 0) is 5.41 Å². The van der Waals surface area contributed by atoms with Crippen LogP contribution in [0.15, 0.2) is 42.5 Å². The Kier molecular flexibility index (Phi) is 6.92. The highest BCUT2D eigenvalue weighted by Crippen LogP contribution is 2.57. The van der Waals surface area contributed by atoms with Gasteiger partial charge in [-0.15, -0.1) is 0 Å². The largest absolute Gasteiger partial charge is 0.411 e. The highest BCUT2D eigenvalue weighted by atomic mass is 19.4. The summed E-state index contributed by atoms with van der Waals surface area (Å²) < 4.78 is 88.6. The highest BCUT2D eigenvalue weighted by molar-refractivity contribution is 6.35. The molecule has 3 aromatic rings. The maximum Gasteiger partial charge on any atom is 0.411 e. The molecule has 0 atom stereocenters. The van der Waals surface area contributed by atoms with Crippen molar-refractivity contribution in [3.63, 3.8) is 0 Å². The number of alkyl halides is 6. The first kappa shape index (κ1) is 30.5. The number of hydrogen-bond acceptors (Lipinski definition) is 4. The molecule has 2 aliphatic heterocycles. The Balaban J connectivity index is 0.00000405. The van der Waals surface area contributed by atoms with Gasteiger partial charge in [-0.25, -0.2) is 4.90 Å². The van der Waals surface area contributed by atoms with Crippen molar-refractivity contribution >= 4 is 29.3 Å². The first-order valence-corrected chi connectivity index (χ1v) is 12.2. The lowest BCUT2D eigenvalue weighted by Crippen LogP contribution is -2.55. The number of carbonyl (C=O) groups is 4. The number of fused-ring (bicyclic) bond motifs is 2. The Hall–Kier alpha value is -4.48. The zero-order valence-electron chi connectivity index (χ0n) is 21.9. The molecule has 0 saturated carbocycles. The molecule has 0 bridgehead atoms. The number of nitrogens with zero attached hydrogens (tertiary/aromatic N) is 1. The Labute approximate surface area is 236 Å². The lowest BCUT2D eigenvalue weighted by Gasteiger charge is -2.38. The van der Waals surface area contributed by atoms with Gasteiger partial charge in [-0.1, -0.05) is 25.6 Å². The van der Waals surface area contributed by atoms with E-state index in [4.69, 9.17) is 0 Å². The van der Waals surface area contributed by atoms with Crippen molar-refractivity contribution in [1.29, 1.82) is 0 Å². The maximum atomic E-state index is 14.8. The standard InChI is InChI=1S/C29H20F6N2O4.CH4/c1-12-9-13(2)22(15(4)14(12)3)37-25(40)19-8-6-17(11-21(19)26(37)41)27(28(30,31)32,29(33,34)35)16-5-7-18-20(10-16)24(39)36-23(18)38;/h5-11H,1-4H3,(H,36,38,39);1H4. The fraction of sp³-hybridized carbons (Fsp3) is 0.267. The van der Waals surface area contributed by atoms with Crippen LogP contribution in [0.5, 0.6) is 0 Å². The van der Waals surface area contributed by atoms with Gasteiger partial charge in [-0.05, 0) is 85.3 Å². The zero-order chi connectivity index (χ0) is 30.4. The summed E-state index contributed by atoms with van der Waals surface area (Å²) in [4.78, 5) is 51.6. The highest BCUT2D eigenvalue weighted by Gasteiger charge is 2.73. The second-order valence-corrected chi connectivity index (χ2v) is 10.1. The lowest BCUT2D eigenvalue weighted by molar-refractivity contribution is -0.288. The van der Waals surface area contributed by atoms with E-state index in [1.54, 1.807) is 26.8 Å². The Morgan fingerprint density at radius 3 is 1.62 bits per heavy atom. The number of benzene rings is 3. The summed E-state index contributed by atoms with van der Waals surface area (Å²) in [5.74, 6) is -4.06. The first-order valence-electron chi connectivity index (χ1n) is 12.2. The van der Waals surface area contributed by atoms with Crippen molar-refractivity contribution in [2.75, 3.05) is 4.90 Å². The zero-order valence-corrected chi connectivity index (χ0v) is 21.9. The number of rotatable bonds is 3. The van der Waals surface area contributed by atoms with Gasteiger partial charge in [0, 0.05) is 0 Å². The molecule has 0 radical (unpaired) electrons. The van der Waals surface area contributed by atoms with Crippen molar-refractivity contribution < 1.29 is 45.5 Å². The fourth-order valence-corrected chi connectivity index (χ4v) is 5.67. The van der Waals surface area contributed by atoms with Crippen molar-refractivity contribution in [2.24, 2.45) is 0 Å². The van der Waals surface area contributed by atoms with Gasteiger partial charge in [0.1, 0.15) is 0 Å². The molecule has 42 heavy (non-hydrogen) atoms. The third-order valence-electron chi connectivity index (χ3n) is 7.88. The van der Waals surface area contributed by atoms with Gasteiger partial charge in [-0.3, -0.25) is 24.5 Å². The molecule has 0 aromatic heterocycles. The van der Waals surface area contributed by atoms with Crippen LogP contribution in [0.1, 0.15) is 82.2 Å². The molecule has 1 N–H and O–H groups in total. The Morgan fingerprint density at radius 1 is 0.595 bits per heavy atom. The predicted octanol–water partition coefficient (Wildman–Crippen LogP) is 6.65. The van der Waals surface area contributed by atoms with E-state index >= 15 is 0 Å². The molecular weight excluding hydrogens is 566 g/mol. The summed E-state index contributed by atoms with van der Waals surface area (Å²) in [5.41, 5.74) is -6.56.